The zero-order valence-electron chi connectivity index (χ0n) is 13.2. The number of benzene rings is 2. The predicted molar refractivity (Wildman–Crippen MR) is 95.1 cm³/mol. The van der Waals surface area contributed by atoms with Crippen molar-refractivity contribution in [1.82, 2.24) is 0 Å². The number of aliphatic carboxylic acids is 1. The molecule has 122 valence electrons. The van der Waals surface area contributed by atoms with Crippen LogP contribution in [-0.4, -0.2) is 17.7 Å². The Balaban J connectivity index is 2.25. The van der Waals surface area contributed by atoms with Crippen molar-refractivity contribution in [2.75, 3.05) is 6.61 Å². The first-order chi connectivity index (χ1) is 11.1. The van der Waals surface area contributed by atoms with E-state index in [0.29, 0.717) is 13.0 Å². The van der Waals surface area contributed by atoms with Crippen LogP contribution in [0, 0.1) is 0 Å². The minimum atomic E-state index is -0.823. The molecule has 1 unspecified atom stereocenters. The number of hydrogen-bond acceptors (Lipinski definition) is 2. The fraction of sp³-hybridized carbons (Fsp3) is 0.316. The lowest BCUT2D eigenvalue weighted by Crippen LogP contribution is -2.15. The van der Waals surface area contributed by atoms with E-state index in [2.05, 4.69) is 22.9 Å². The van der Waals surface area contributed by atoms with Crippen LogP contribution >= 0.6 is 15.9 Å². The van der Waals surface area contributed by atoms with Crippen LogP contribution in [0.15, 0.2) is 53.0 Å². The second-order valence-electron chi connectivity index (χ2n) is 5.46. The SMILES string of the molecule is CCCCOc1ccc(Br)cc1CC(C(=O)O)c1ccccc1. The zero-order valence-corrected chi connectivity index (χ0v) is 14.8. The summed E-state index contributed by atoms with van der Waals surface area (Å²) in [6, 6.07) is 15.1. The van der Waals surface area contributed by atoms with Gasteiger partial charge in [0.1, 0.15) is 5.75 Å². The highest BCUT2D eigenvalue weighted by Gasteiger charge is 2.22. The molecule has 0 spiro atoms. The van der Waals surface area contributed by atoms with Crippen molar-refractivity contribution in [3.05, 3.63) is 64.1 Å². The molecular formula is C19H21BrO3. The summed E-state index contributed by atoms with van der Waals surface area (Å²) in [4.78, 5) is 11.7. The molecule has 23 heavy (non-hydrogen) atoms. The van der Waals surface area contributed by atoms with Gasteiger partial charge >= 0.3 is 5.97 Å². The van der Waals surface area contributed by atoms with E-state index in [1.54, 1.807) is 0 Å². The van der Waals surface area contributed by atoms with Gasteiger partial charge < -0.3 is 9.84 Å². The fourth-order valence-electron chi connectivity index (χ4n) is 2.43. The Kier molecular flexibility index (Phi) is 6.66. The molecule has 1 N–H and O–H groups in total. The van der Waals surface area contributed by atoms with Crippen LogP contribution in [0.25, 0.3) is 0 Å². The summed E-state index contributed by atoms with van der Waals surface area (Å²) < 4.78 is 6.76. The summed E-state index contributed by atoms with van der Waals surface area (Å²) >= 11 is 3.46. The highest BCUT2D eigenvalue weighted by Crippen LogP contribution is 2.29. The number of halogens is 1. The van der Waals surface area contributed by atoms with Crippen molar-refractivity contribution >= 4 is 21.9 Å². The summed E-state index contributed by atoms with van der Waals surface area (Å²) in [5, 5.41) is 9.61. The van der Waals surface area contributed by atoms with Crippen molar-refractivity contribution in [3.63, 3.8) is 0 Å². The van der Waals surface area contributed by atoms with E-state index < -0.39 is 11.9 Å². The zero-order chi connectivity index (χ0) is 16.7. The fourth-order valence-corrected chi connectivity index (χ4v) is 2.84. The van der Waals surface area contributed by atoms with Crippen LogP contribution < -0.4 is 4.74 Å². The smallest absolute Gasteiger partial charge is 0.311 e. The number of unbranched alkanes of at least 4 members (excludes halogenated alkanes) is 1. The van der Waals surface area contributed by atoms with Gasteiger partial charge in [0.15, 0.2) is 0 Å². The molecule has 0 aliphatic carbocycles. The Hall–Kier alpha value is -1.81. The molecule has 0 radical (unpaired) electrons. The molecule has 2 aromatic rings. The van der Waals surface area contributed by atoms with E-state index in [-0.39, 0.29) is 0 Å². The van der Waals surface area contributed by atoms with Gasteiger partial charge in [0.05, 0.1) is 12.5 Å². The molecule has 0 aromatic heterocycles. The van der Waals surface area contributed by atoms with Gasteiger partial charge in [-0.2, -0.15) is 0 Å². The number of hydrogen-bond donors (Lipinski definition) is 1. The summed E-state index contributed by atoms with van der Waals surface area (Å²) in [6.07, 6.45) is 2.45. The molecule has 0 heterocycles. The molecule has 0 saturated carbocycles. The topological polar surface area (TPSA) is 46.5 Å². The van der Waals surface area contributed by atoms with Gasteiger partial charge in [0.25, 0.3) is 0 Å². The van der Waals surface area contributed by atoms with E-state index in [1.807, 2.05) is 48.5 Å². The lowest BCUT2D eigenvalue weighted by atomic mass is 9.92. The minimum Gasteiger partial charge on any atom is -0.493 e. The maximum absolute atomic E-state index is 11.7. The molecule has 0 bridgehead atoms. The molecule has 2 aromatic carbocycles. The highest BCUT2D eigenvalue weighted by molar-refractivity contribution is 9.10. The number of rotatable bonds is 8. The normalized spacial score (nSPS) is 11.9. The van der Waals surface area contributed by atoms with E-state index >= 15 is 0 Å². The van der Waals surface area contributed by atoms with Crippen LogP contribution in [0.5, 0.6) is 5.75 Å². The Labute approximate surface area is 145 Å². The van der Waals surface area contributed by atoms with Crippen molar-refractivity contribution in [1.29, 1.82) is 0 Å². The van der Waals surface area contributed by atoms with Gasteiger partial charge in [-0.1, -0.05) is 59.6 Å². The van der Waals surface area contributed by atoms with E-state index in [0.717, 1.165) is 34.2 Å². The van der Waals surface area contributed by atoms with Crippen molar-refractivity contribution in [2.45, 2.75) is 32.1 Å². The maximum Gasteiger partial charge on any atom is 0.311 e. The predicted octanol–water partition coefficient (Wildman–Crippen LogP) is 5.04. The Morgan fingerprint density at radius 3 is 2.61 bits per heavy atom. The monoisotopic (exact) mass is 376 g/mol. The summed E-state index contributed by atoms with van der Waals surface area (Å²) in [6.45, 7) is 2.76. The van der Waals surface area contributed by atoms with Gasteiger partial charge in [-0.25, -0.2) is 0 Å². The quantitative estimate of drug-likeness (QED) is 0.656. The average Bonchev–Trinajstić information content (AvgIpc) is 2.55. The third-order valence-corrected chi connectivity index (χ3v) is 4.20. The first-order valence-electron chi connectivity index (χ1n) is 7.80. The minimum absolute atomic E-state index is 0.403. The third-order valence-electron chi connectivity index (χ3n) is 3.70. The number of carboxylic acids is 1. The highest BCUT2D eigenvalue weighted by atomic mass is 79.9. The molecule has 4 heteroatoms. The van der Waals surface area contributed by atoms with Crippen LogP contribution in [0.4, 0.5) is 0 Å². The lowest BCUT2D eigenvalue weighted by molar-refractivity contribution is -0.138. The average molecular weight is 377 g/mol. The van der Waals surface area contributed by atoms with Crippen LogP contribution in [0.2, 0.25) is 0 Å². The van der Waals surface area contributed by atoms with Crippen LogP contribution in [0.3, 0.4) is 0 Å². The molecule has 1 atom stereocenters. The first kappa shape index (κ1) is 17.5. The second-order valence-corrected chi connectivity index (χ2v) is 6.38. The van der Waals surface area contributed by atoms with Gasteiger partial charge in [0, 0.05) is 4.47 Å². The van der Waals surface area contributed by atoms with Crippen LogP contribution in [-0.2, 0) is 11.2 Å². The molecule has 0 fully saturated rings. The van der Waals surface area contributed by atoms with E-state index in [4.69, 9.17) is 4.74 Å². The number of ether oxygens (including phenoxy) is 1. The van der Waals surface area contributed by atoms with Crippen molar-refractivity contribution < 1.29 is 14.6 Å². The van der Waals surface area contributed by atoms with Crippen molar-refractivity contribution in [3.8, 4) is 5.75 Å². The Morgan fingerprint density at radius 1 is 1.22 bits per heavy atom. The standard InChI is InChI=1S/C19H21BrO3/c1-2-3-11-23-18-10-9-16(20)12-15(18)13-17(19(21)22)14-7-5-4-6-8-14/h4-10,12,17H,2-3,11,13H2,1H3,(H,21,22). The largest absolute Gasteiger partial charge is 0.493 e. The molecule has 0 amide bonds. The van der Waals surface area contributed by atoms with E-state index in [9.17, 15) is 9.90 Å². The van der Waals surface area contributed by atoms with E-state index in [1.165, 1.54) is 0 Å². The summed E-state index contributed by atoms with van der Waals surface area (Å²) in [7, 11) is 0. The first-order valence-corrected chi connectivity index (χ1v) is 8.60. The van der Waals surface area contributed by atoms with Crippen LogP contribution in [0.1, 0.15) is 36.8 Å². The Bertz CT molecular complexity index is 640. The summed E-state index contributed by atoms with van der Waals surface area (Å²) in [5.74, 6) is -0.640. The molecular weight excluding hydrogens is 356 g/mol. The van der Waals surface area contributed by atoms with Gasteiger partial charge in [0.2, 0.25) is 0 Å². The molecule has 0 aliphatic rings. The molecule has 3 nitrogen and oxygen atoms in total. The van der Waals surface area contributed by atoms with Crippen molar-refractivity contribution in [2.24, 2.45) is 0 Å². The molecule has 2 rings (SSSR count). The van der Waals surface area contributed by atoms with Gasteiger partial charge in [-0.05, 0) is 42.2 Å². The third kappa shape index (κ3) is 5.10. The lowest BCUT2D eigenvalue weighted by Gasteiger charge is -2.16. The second kappa shape index (κ2) is 8.73. The number of carbonyl (C=O) groups is 1. The maximum atomic E-state index is 11.7. The summed E-state index contributed by atoms with van der Waals surface area (Å²) in [5.41, 5.74) is 1.71. The number of carboxylic acid groups (broad SMARTS) is 1. The molecule has 0 saturated heterocycles. The molecule has 0 aliphatic heterocycles. The van der Waals surface area contributed by atoms with Gasteiger partial charge in [-0.3, -0.25) is 4.79 Å². The van der Waals surface area contributed by atoms with Gasteiger partial charge in [-0.15, -0.1) is 0 Å². The Morgan fingerprint density at radius 2 is 1.96 bits per heavy atom.